The molecule has 9 aromatic rings. The first-order valence-electron chi connectivity index (χ1n) is 17.2. The number of nitrogens with zero attached hydrogens (tertiary/aromatic N) is 4. The highest BCUT2D eigenvalue weighted by molar-refractivity contribution is 7.20. The van der Waals surface area contributed by atoms with Gasteiger partial charge in [0, 0.05) is 58.3 Å². The number of rotatable bonds is 8. The highest BCUT2D eigenvalue weighted by Gasteiger charge is 2.43. The van der Waals surface area contributed by atoms with Gasteiger partial charge in [0.25, 0.3) is 0 Å². The minimum absolute atomic E-state index is 1.09. The Morgan fingerprint density at radius 2 is 0.922 bits per heavy atom. The fraction of sp³-hybridized carbons (Fsp3) is 0. The minimum Gasteiger partial charge on any atom is -0.311 e. The van der Waals surface area contributed by atoms with E-state index in [9.17, 15) is 0 Å². The third-order valence-electron chi connectivity index (χ3n) is 9.88. The van der Waals surface area contributed by atoms with Crippen LogP contribution in [-0.4, -0.2) is 22.6 Å². The Morgan fingerprint density at radius 1 is 0.392 bits per heavy atom. The van der Waals surface area contributed by atoms with E-state index in [1.807, 2.05) is 12.4 Å². The summed E-state index contributed by atoms with van der Waals surface area (Å²) in [6.07, 6.45) is 7.86. The first-order chi connectivity index (χ1) is 25.3. The Balaban J connectivity index is 1.35. The lowest BCUT2D eigenvalue weighted by Gasteiger charge is -2.35. The van der Waals surface area contributed by atoms with Crippen molar-refractivity contribution in [1.82, 2.24) is 14.5 Å². The predicted octanol–water partition coefficient (Wildman–Crippen LogP) is 8.42. The zero-order valence-electron chi connectivity index (χ0n) is 27.9. The van der Waals surface area contributed by atoms with Crippen LogP contribution in [0.1, 0.15) is 0 Å². The van der Waals surface area contributed by atoms with Crippen LogP contribution in [0, 0.1) is 0 Å². The molecule has 242 valence electrons. The van der Waals surface area contributed by atoms with Crippen LogP contribution in [0.5, 0.6) is 0 Å². The molecule has 3 heterocycles. The maximum absolute atomic E-state index is 4.74. The van der Waals surface area contributed by atoms with Crippen LogP contribution in [-0.2, 0) is 0 Å². The SMILES string of the molecule is c1ccc(N(c2ccccc2)c2cccc([Si](c3cccnc3)(c3cccnc3)c3ccc4c(c3)c3ccccc3n4-c3ccccc3)c2)cc1. The summed E-state index contributed by atoms with van der Waals surface area (Å²) in [5.41, 5.74) is 6.82. The van der Waals surface area contributed by atoms with Crippen LogP contribution in [0.15, 0.2) is 207 Å². The molecule has 4 nitrogen and oxygen atoms in total. The molecule has 0 aliphatic carbocycles. The molecule has 5 heteroatoms. The molecule has 0 radical (unpaired) electrons. The fourth-order valence-corrected chi connectivity index (χ4v) is 12.3. The van der Waals surface area contributed by atoms with Crippen molar-refractivity contribution in [3.8, 4) is 5.69 Å². The summed E-state index contributed by atoms with van der Waals surface area (Å²) in [5, 5.41) is 7.38. The quantitative estimate of drug-likeness (QED) is 0.152. The third kappa shape index (κ3) is 5.23. The van der Waals surface area contributed by atoms with Crippen LogP contribution >= 0.6 is 0 Å². The van der Waals surface area contributed by atoms with E-state index in [0.29, 0.717) is 0 Å². The van der Waals surface area contributed by atoms with Gasteiger partial charge in [0.05, 0.1) is 11.0 Å². The van der Waals surface area contributed by atoms with Crippen LogP contribution in [0.25, 0.3) is 27.5 Å². The molecule has 0 spiro atoms. The molecule has 3 aromatic heterocycles. The van der Waals surface area contributed by atoms with Crippen molar-refractivity contribution in [3.05, 3.63) is 207 Å². The number of pyridine rings is 2. The second kappa shape index (κ2) is 13.0. The van der Waals surface area contributed by atoms with Crippen molar-refractivity contribution in [2.75, 3.05) is 4.90 Å². The van der Waals surface area contributed by atoms with Gasteiger partial charge in [0.15, 0.2) is 8.07 Å². The Labute approximate surface area is 298 Å². The van der Waals surface area contributed by atoms with E-state index < -0.39 is 8.07 Å². The smallest absolute Gasteiger partial charge is 0.182 e. The summed E-state index contributed by atoms with van der Waals surface area (Å²) in [7, 11) is -3.01. The van der Waals surface area contributed by atoms with Gasteiger partial charge < -0.3 is 9.47 Å². The zero-order chi connectivity index (χ0) is 34.0. The van der Waals surface area contributed by atoms with Crippen molar-refractivity contribution in [2.24, 2.45) is 0 Å². The van der Waals surface area contributed by atoms with Gasteiger partial charge in [-0.1, -0.05) is 109 Å². The summed E-state index contributed by atoms with van der Waals surface area (Å²) in [4.78, 5) is 11.8. The number of para-hydroxylation sites is 4. The Hall–Kier alpha value is -6.56. The molecular weight excluding hydrogens is 637 g/mol. The fourth-order valence-electron chi connectivity index (χ4n) is 7.71. The van der Waals surface area contributed by atoms with Crippen LogP contribution in [0.4, 0.5) is 17.1 Å². The van der Waals surface area contributed by atoms with Gasteiger partial charge in [-0.05, 0) is 93.5 Å². The number of anilines is 3. The van der Waals surface area contributed by atoms with Crippen molar-refractivity contribution in [2.45, 2.75) is 0 Å². The summed E-state index contributed by atoms with van der Waals surface area (Å²) in [5.74, 6) is 0. The topological polar surface area (TPSA) is 34.0 Å². The van der Waals surface area contributed by atoms with Gasteiger partial charge in [-0.3, -0.25) is 9.97 Å². The number of hydrogen-bond acceptors (Lipinski definition) is 3. The van der Waals surface area contributed by atoms with E-state index in [0.717, 1.165) is 22.7 Å². The highest BCUT2D eigenvalue weighted by Crippen LogP contribution is 2.35. The number of fused-ring (bicyclic) bond motifs is 3. The van der Waals surface area contributed by atoms with Gasteiger partial charge in [-0.25, -0.2) is 0 Å². The van der Waals surface area contributed by atoms with Gasteiger partial charge in [0.2, 0.25) is 0 Å². The molecule has 0 amide bonds. The molecule has 6 aromatic carbocycles. The van der Waals surface area contributed by atoms with E-state index in [4.69, 9.17) is 9.97 Å². The van der Waals surface area contributed by atoms with Gasteiger partial charge >= 0.3 is 0 Å². The Bertz CT molecular complexity index is 2490. The molecule has 9 rings (SSSR count). The first-order valence-corrected chi connectivity index (χ1v) is 19.2. The minimum atomic E-state index is -3.01. The lowest BCUT2D eigenvalue weighted by Crippen LogP contribution is -2.74. The maximum atomic E-state index is 4.74. The monoisotopic (exact) mass is 670 g/mol. The van der Waals surface area contributed by atoms with Crippen LogP contribution < -0.4 is 25.6 Å². The Morgan fingerprint density at radius 3 is 1.55 bits per heavy atom. The number of hydrogen-bond donors (Lipinski definition) is 0. The number of benzene rings is 6. The predicted molar refractivity (Wildman–Crippen MR) is 215 cm³/mol. The van der Waals surface area contributed by atoms with E-state index in [1.165, 1.54) is 42.6 Å². The highest BCUT2D eigenvalue weighted by atomic mass is 28.3. The first kappa shape index (κ1) is 30.5. The third-order valence-corrected chi connectivity index (χ3v) is 14.6. The van der Waals surface area contributed by atoms with Crippen molar-refractivity contribution < 1.29 is 0 Å². The average molecular weight is 671 g/mol. The summed E-state index contributed by atoms with van der Waals surface area (Å²) in [6.45, 7) is 0. The molecule has 0 atom stereocenters. The second-order valence-corrected chi connectivity index (χ2v) is 16.5. The van der Waals surface area contributed by atoms with Gasteiger partial charge in [-0.2, -0.15) is 0 Å². The van der Waals surface area contributed by atoms with E-state index >= 15 is 0 Å². The molecule has 0 aliphatic rings. The van der Waals surface area contributed by atoms with E-state index in [1.54, 1.807) is 0 Å². The van der Waals surface area contributed by atoms with Crippen LogP contribution in [0.2, 0.25) is 0 Å². The normalized spacial score (nSPS) is 11.5. The zero-order valence-corrected chi connectivity index (χ0v) is 28.9. The molecule has 0 saturated heterocycles. The molecular formula is C46H34N4Si. The largest absolute Gasteiger partial charge is 0.311 e. The molecule has 0 unspecified atom stereocenters. The van der Waals surface area contributed by atoms with E-state index in [-0.39, 0.29) is 0 Å². The second-order valence-electron chi connectivity index (χ2n) is 12.7. The van der Waals surface area contributed by atoms with Crippen molar-refractivity contribution in [3.63, 3.8) is 0 Å². The number of aromatic nitrogens is 3. The summed E-state index contributed by atoms with van der Waals surface area (Å²) in [6, 6.07) is 65.5. The molecule has 0 aliphatic heterocycles. The lowest BCUT2D eigenvalue weighted by molar-refractivity contribution is 1.18. The maximum Gasteiger partial charge on any atom is 0.182 e. The van der Waals surface area contributed by atoms with E-state index in [2.05, 4.69) is 204 Å². The standard InChI is InChI=1S/C46H34N4Si/c1-4-15-35(16-5-1)49(36-17-6-2-7-18-36)38-21-12-22-39(31-38)51(41-23-13-29-47-33-41,42-24-14-30-48-34-42)40-27-28-46-44(32-40)43-25-10-11-26-45(43)50(46)37-19-8-3-9-20-37/h1-34H. The summed E-state index contributed by atoms with van der Waals surface area (Å²) < 4.78 is 2.38. The van der Waals surface area contributed by atoms with Crippen molar-refractivity contribution >= 4 is 67.7 Å². The molecule has 51 heavy (non-hydrogen) atoms. The van der Waals surface area contributed by atoms with Gasteiger partial charge in [0.1, 0.15) is 0 Å². The lowest BCUT2D eigenvalue weighted by atomic mass is 10.1. The molecule has 0 saturated carbocycles. The molecule has 0 fully saturated rings. The average Bonchev–Trinajstić information content (AvgIpc) is 3.54. The molecule has 0 bridgehead atoms. The van der Waals surface area contributed by atoms with Crippen molar-refractivity contribution in [1.29, 1.82) is 0 Å². The Kier molecular flexibility index (Phi) is 7.80. The van der Waals surface area contributed by atoms with Crippen LogP contribution in [0.3, 0.4) is 0 Å². The molecule has 0 N–H and O–H groups in total. The van der Waals surface area contributed by atoms with Gasteiger partial charge in [-0.15, -0.1) is 0 Å². The summed E-state index contributed by atoms with van der Waals surface area (Å²) >= 11 is 0.